The van der Waals surface area contributed by atoms with Gasteiger partial charge in [-0.15, -0.1) is 10.2 Å². The fourth-order valence-electron chi connectivity index (χ4n) is 1.99. The Balaban J connectivity index is 1.61. The van der Waals surface area contributed by atoms with Crippen LogP contribution in [-0.2, 0) is 4.79 Å². The third kappa shape index (κ3) is 3.83. The van der Waals surface area contributed by atoms with Crippen LogP contribution in [0.1, 0.15) is 25.7 Å². The van der Waals surface area contributed by atoms with Crippen LogP contribution in [0.5, 0.6) is 0 Å². The lowest BCUT2D eigenvalue weighted by atomic mass is 10.2. The summed E-state index contributed by atoms with van der Waals surface area (Å²) in [5.74, 6) is 0.662. The van der Waals surface area contributed by atoms with Gasteiger partial charge in [0.2, 0.25) is 11.8 Å². The summed E-state index contributed by atoms with van der Waals surface area (Å²) in [5.41, 5.74) is 0.688. The van der Waals surface area contributed by atoms with E-state index in [2.05, 4.69) is 15.5 Å². The molecule has 2 aromatic heterocycles. The van der Waals surface area contributed by atoms with Crippen LogP contribution in [-0.4, -0.2) is 21.9 Å². The van der Waals surface area contributed by atoms with Crippen molar-refractivity contribution in [3.05, 3.63) is 46.6 Å². The average Bonchev–Trinajstić information content (AvgIpc) is 3.02. The number of hydrogen-bond donors (Lipinski definition) is 1. The molecule has 1 N–H and O–H groups in total. The van der Waals surface area contributed by atoms with Crippen molar-refractivity contribution < 1.29 is 13.6 Å². The Morgan fingerprint density at radius 1 is 1.21 bits per heavy atom. The highest BCUT2D eigenvalue weighted by Crippen LogP contribution is 2.21. The number of benzene rings is 1. The van der Waals surface area contributed by atoms with Crippen LogP contribution >= 0.6 is 11.8 Å². The third-order valence-electron chi connectivity index (χ3n) is 3.15. The monoisotopic (exact) mass is 345 g/mol. The predicted molar refractivity (Wildman–Crippen MR) is 90.2 cm³/mol. The van der Waals surface area contributed by atoms with E-state index in [1.165, 1.54) is 17.8 Å². The minimum atomic E-state index is -0.406. The molecule has 0 atom stereocenters. The lowest BCUT2D eigenvalue weighted by molar-refractivity contribution is -0.113. The Hall–Kier alpha value is -2.61. The lowest BCUT2D eigenvalue weighted by Crippen LogP contribution is -2.14. The number of carbonyl (C=O) groups excluding carboxylic acids is 1. The molecule has 2 heterocycles. The zero-order valence-electron chi connectivity index (χ0n) is 13.1. The molecule has 0 spiro atoms. The number of nitrogens with one attached hydrogen (secondary N) is 1. The van der Waals surface area contributed by atoms with Gasteiger partial charge in [-0.3, -0.25) is 4.79 Å². The second kappa shape index (κ2) is 6.88. The minimum Gasteiger partial charge on any atom is -0.423 e. The number of carbonyl (C=O) groups is 1. The largest absolute Gasteiger partial charge is 0.423 e. The molecule has 124 valence electrons. The van der Waals surface area contributed by atoms with Crippen LogP contribution < -0.4 is 10.9 Å². The summed E-state index contributed by atoms with van der Waals surface area (Å²) in [6.45, 7) is 3.91. The van der Waals surface area contributed by atoms with Crippen molar-refractivity contribution >= 4 is 34.3 Å². The maximum Gasteiger partial charge on any atom is 0.336 e. The van der Waals surface area contributed by atoms with Gasteiger partial charge >= 0.3 is 5.63 Å². The Bertz CT molecular complexity index is 932. The molecule has 7 nitrogen and oxygen atoms in total. The zero-order chi connectivity index (χ0) is 17.1. The number of fused-ring (bicyclic) bond motifs is 1. The molecule has 3 rings (SSSR count). The van der Waals surface area contributed by atoms with Gasteiger partial charge in [-0.1, -0.05) is 25.6 Å². The predicted octanol–water partition coefficient (Wildman–Crippen LogP) is 3.03. The molecule has 0 aliphatic rings. The van der Waals surface area contributed by atoms with Gasteiger partial charge in [0.05, 0.1) is 5.75 Å². The van der Waals surface area contributed by atoms with Crippen LogP contribution in [0.2, 0.25) is 0 Å². The van der Waals surface area contributed by atoms with Gasteiger partial charge in [-0.2, -0.15) is 0 Å². The van der Waals surface area contributed by atoms with E-state index in [1.807, 2.05) is 13.8 Å². The molecule has 24 heavy (non-hydrogen) atoms. The van der Waals surface area contributed by atoms with Crippen molar-refractivity contribution in [2.45, 2.75) is 25.0 Å². The van der Waals surface area contributed by atoms with E-state index in [4.69, 9.17) is 8.83 Å². The smallest absolute Gasteiger partial charge is 0.336 e. The van der Waals surface area contributed by atoms with E-state index in [-0.39, 0.29) is 17.6 Å². The molecule has 0 saturated carbocycles. The molecule has 0 fully saturated rings. The summed E-state index contributed by atoms with van der Waals surface area (Å²) in [4.78, 5) is 23.2. The molecule has 1 amide bonds. The topological polar surface area (TPSA) is 98.2 Å². The second-order valence-corrected chi connectivity index (χ2v) is 6.33. The van der Waals surface area contributed by atoms with E-state index in [0.717, 1.165) is 5.39 Å². The zero-order valence-corrected chi connectivity index (χ0v) is 13.9. The van der Waals surface area contributed by atoms with Crippen molar-refractivity contribution in [3.8, 4) is 0 Å². The molecule has 3 aromatic rings. The highest BCUT2D eigenvalue weighted by Gasteiger charge is 2.12. The Morgan fingerprint density at radius 2 is 2.04 bits per heavy atom. The lowest BCUT2D eigenvalue weighted by Gasteiger charge is -2.05. The molecule has 0 bridgehead atoms. The Kier molecular flexibility index (Phi) is 4.66. The molecule has 0 unspecified atom stereocenters. The molecule has 0 radical (unpaired) electrons. The van der Waals surface area contributed by atoms with Gasteiger partial charge in [-0.25, -0.2) is 4.79 Å². The number of thioether (sulfide) groups is 1. The summed E-state index contributed by atoms with van der Waals surface area (Å²) >= 11 is 1.18. The van der Waals surface area contributed by atoms with Gasteiger partial charge in [0.1, 0.15) is 5.58 Å². The molecular formula is C16H15N3O4S. The van der Waals surface area contributed by atoms with Crippen molar-refractivity contribution in [3.63, 3.8) is 0 Å². The maximum absolute atomic E-state index is 12.0. The summed E-state index contributed by atoms with van der Waals surface area (Å²) in [7, 11) is 0. The molecule has 1 aromatic carbocycles. The van der Waals surface area contributed by atoms with Crippen LogP contribution in [0.3, 0.4) is 0 Å². The molecule has 0 saturated heterocycles. The van der Waals surface area contributed by atoms with E-state index in [9.17, 15) is 9.59 Å². The Morgan fingerprint density at radius 3 is 2.79 bits per heavy atom. The number of amides is 1. The van der Waals surface area contributed by atoms with Crippen molar-refractivity contribution in [1.29, 1.82) is 0 Å². The second-order valence-electron chi connectivity index (χ2n) is 5.40. The van der Waals surface area contributed by atoms with E-state index in [0.29, 0.717) is 22.4 Å². The van der Waals surface area contributed by atoms with Crippen molar-refractivity contribution in [2.75, 3.05) is 11.1 Å². The highest BCUT2D eigenvalue weighted by atomic mass is 32.2. The minimum absolute atomic E-state index is 0.151. The van der Waals surface area contributed by atoms with Gasteiger partial charge in [0.15, 0.2) is 0 Å². The number of aromatic nitrogens is 2. The highest BCUT2D eigenvalue weighted by molar-refractivity contribution is 7.99. The van der Waals surface area contributed by atoms with E-state index in [1.54, 1.807) is 24.3 Å². The van der Waals surface area contributed by atoms with Crippen molar-refractivity contribution in [1.82, 2.24) is 10.2 Å². The first kappa shape index (κ1) is 16.3. The summed E-state index contributed by atoms with van der Waals surface area (Å²) in [6.07, 6.45) is 0. The summed E-state index contributed by atoms with van der Waals surface area (Å²) in [6, 6.07) is 8.05. The van der Waals surface area contributed by atoms with E-state index < -0.39 is 5.63 Å². The number of anilines is 1. The number of hydrogen-bond acceptors (Lipinski definition) is 7. The molecule has 8 heteroatoms. The van der Waals surface area contributed by atoms with Crippen LogP contribution in [0.4, 0.5) is 5.69 Å². The maximum atomic E-state index is 12.0. The average molecular weight is 345 g/mol. The fourth-order valence-corrected chi connectivity index (χ4v) is 2.56. The Labute approximate surface area is 141 Å². The van der Waals surface area contributed by atoms with Crippen molar-refractivity contribution in [2.24, 2.45) is 0 Å². The molecule has 0 aliphatic carbocycles. The first-order valence-corrected chi connectivity index (χ1v) is 8.30. The quantitative estimate of drug-likeness (QED) is 0.560. The van der Waals surface area contributed by atoms with Gasteiger partial charge in [0, 0.05) is 23.1 Å². The fraction of sp³-hybridized carbons (Fsp3) is 0.250. The first-order valence-electron chi connectivity index (χ1n) is 7.31. The SMILES string of the molecule is CC(C)c1nnc(SCC(=O)Nc2ccc3oc(=O)ccc3c2)o1. The number of nitrogens with zero attached hydrogens (tertiary/aromatic N) is 2. The normalized spacial score (nSPS) is 11.1. The van der Waals surface area contributed by atoms with Gasteiger partial charge < -0.3 is 14.2 Å². The van der Waals surface area contributed by atoms with Crippen LogP contribution in [0.25, 0.3) is 11.0 Å². The third-order valence-corrected chi connectivity index (χ3v) is 3.96. The van der Waals surface area contributed by atoms with Crippen LogP contribution in [0.15, 0.2) is 49.2 Å². The summed E-state index contributed by atoms with van der Waals surface area (Å²) < 4.78 is 10.5. The van der Waals surface area contributed by atoms with Gasteiger partial charge in [-0.05, 0) is 24.3 Å². The van der Waals surface area contributed by atoms with E-state index >= 15 is 0 Å². The number of rotatable bonds is 5. The standard InChI is InChI=1S/C16H15N3O4S/c1-9(2)15-18-19-16(23-15)24-8-13(20)17-11-4-5-12-10(7-11)3-6-14(21)22-12/h3-7,9H,8H2,1-2H3,(H,17,20). The summed E-state index contributed by atoms with van der Waals surface area (Å²) in [5, 5.41) is 11.7. The van der Waals surface area contributed by atoms with Crippen LogP contribution in [0, 0.1) is 0 Å². The first-order chi connectivity index (χ1) is 11.5. The molecule has 0 aliphatic heterocycles. The van der Waals surface area contributed by atoms with Gasteiger partial charge in [0.25, 0.3) is 5.22 Å². The molecular weight excluding hydrogens is 330 g/mol.